The highest BCUT2D eigenvalue weighted by Crippen LogP contribution is 2.30. The first-order valence-electron chi connectivity index (χ1n) is 14.1. The maximum absolute atomic E-state index is 15.1. The smallest absolute Gasteiger partial charge is 0.318 e. The Balaban J connectivity index is 1.39. The number of halogens is 1. The third kappa shape index (κ3) is 7.66. The first-order valence-corrected chi connectivity index (χ1v) is 14.1. The summed E-state index contributed by atoms with van der Waals surface area (Å²) in [4.78, 5) is 12.8. The van der Waals surface area contributed by atoms with Crippen LogP contribution in [-0.2, 0) is 17.6 Å². The monoisotopic (exact) mass is 522 g/mol. The summed E-state index contributed by atoms with van der Waals surface area (Å²) >= 11 is 0. The highest BCUT2D eigenvalue weighted by molar-refractivity contribution is 5.80. The average Bonchev–Trinajstić information content (AvgIpc) is 2.94. The van der Waals surface area contributed by atoms with Gasteiger partial charge in [-0.15, -0.1) is 0 Å². The second-order valence-corrected chi connectivity index (χ2v) is 10.9. The van der Waals surface area contributed by atoms with Crippen LogP contribution in [0.2, 0.25) is 0 Å². The Bertz CT molecular complexity index is 1350. The molecule has 0 spiro atoms. The first-order chi connectivity index (χ1) is 18.8. The summed E-state index contributed by atoms with van der Waals surface area (Å²) in [5.74, 6) is 0.0613. The zero-order valence-corrected chi connectivity index (χ0v) is 23.5. The van der Waals surface area contributed by atoms with Crippen molar-refractivity contribution in [3.05, 3.63) is 114 Å². The molecule has 4 aromatic rings. The molecule has 0 N–H and O–H groups in total. The van der Waals surface area contributed by atoms with E-state index in [1.807, 2.05) is 31.2 Å². The topological polar surface area (TPSA) is 26.3 Å². The Labute approximate surface area is 232 Å². The molecule has 39 heavy (non-hydrogen) atoms. The Morgan fingerprint density at radius 1 is 0.744 bits per heavy atom. The van der Waals surface area contributed by atoms with Crippen molar-refractivity contribution in [3.8, 4) is 28.0 Å². The molecular weight excluding hydrogens is 483 g/mol. The summed E-state index contributed by atoms with van der Waals surface area (Å²) in [6, 6.07) is 28.9. The summed E-state index contributed by atoms with van der Waals surface area (Å²) < 4.78 is 20.8. The van der Waals surface area contributed by atoms with Gasteiger partial charge >= 0.3 is 5.97 Å². The SMILES string of the molecule is CCCCCc1ccc(-c2ccc(-c3ccc(OC(=O)[C@@H](C)c4ccc(CC(C)C)cc4)cc3)c(F)c2)cc1. The molecule has 0 saturated heterocycles. The number of hydrogen-bond acceptors (Lipinski definition) is 2. The van der Waals surface area contributed by atoms with Crippen molar-refractivity contribution < 1.29 is 13.9 Å². The number of aryl methyl sites for hydroxylation is 1. The van der Waals surface area contributed by atoms with Gasteiger partial charge < -0.3 is 4.74 Å². The van der Waals surface area contributed by atoms with E-state index in [9.17, 15) is 4.79 Å². The van der Waals surface area contributed by atoms with Gasteiger partial charge in [-0.1, -0.05) is 106 Å². The molecule has 0 aliphatic rings. The largest absolute Gasteiger partial charge is 0.426 e. The maximum Gasteiger partial charge on any atom is 0.318 e. The molecule has 4 aromatic carbocycles. The third-order valence-electron chi connectivity index (χ3n) is 7.19. The molecule has 4 rings (SSSR count). The molecule has 0 heterocycles. The zero-order chi connectivity index (χ0) is 27.8. The van der Waals surface area contributed by atoms with Gasteiger partial charge in [0, 0.05) is 5.56 Å². The van der Waals surface area contributed by atoms with Crippen LogP contribution in [0, 0.1) is 11.7 Å². The summed E-state index contributed by atoms with van der Waals surface area (Å²) in [7, 11) is 0. The lowest BCUT2D eigenvalue weighted by Gasteiger charge is -2.13. The predicted octanol–water partition coefficient (Wildman–Crippen LogP) is 9.80. The fraction of sp³-hybridized carbons (Fsp3) is 0.306. The molecule has 0 fully saturated rings. The minimum Gasteiger partial charge on any atom is -0.426 e. The van der Waals surface area contributed by atoms with Crippen LogP contribution in [0.4, 0.5) is 4.39 Å². The van der Waals surface area contributed by atoms with Gasteiger partial charge in [-0.05, 0) is 83.7 Å². The van der Waals surface area contributed by atoms with Crippen molar-refractivity contribution >= 4 is 5.97 Å². The van der Waals surface area contributed by atoms with E-state index >= 15 is 4.39 Å². The quantitative estimate of drug-likeness (QED) is 0.111. The number of carbonyl (C=O) groups excluding carboxylic acids is 1. The van der Waals surface area contributed by atoms with Crippen molar-refractivity contribution in [2.75, 3.05) is 0 Å². The zero-order valence-electron chi connectivity index (χ0n) is 23.5. The van der Waals surface area contributed by atoms with E-state index in [1.165, 1.54) is 30.4 Å². The number of rotatable bonds is 11. The van der Waals surface area contributed by atoms with Crippen LogP contribution in [0.3, 0.4) is 0 Å². The lowest BCUT2D eigenvalue weighted by atomic mass is 9.97. The highest BCUT2D eigenvalue weighted by atomic mass is 19.1. The van der Waals surface area contributed by atoms with Gasteiger partial charge in [-0.2, -0.15) is 0 Å². The van der Waals surface area contributed by atoms with Crippen LogP contribution < -0.4 is 4.74 Å². The Morgan fingerprint density at radius 3 is 1.97 bits per heavy atom. The molecule has 0 aliphatic heterocycles. The number of hydrogen-bond donors (Lipinski definition) is 0. The van der Waals surface area contributed by atoms with E-state index in [1.54, 1.807) is 30.3 Å². The second kappa shape index (κ2) is 13.4. The summed E-state index contributed by atoms with van der Waals surface area (Å²) in [6.07, 6.45) is 5.75. The van der Waals surface area contributed by atoms with E-state index < -0.39 is 0 Å². The molecule has 202 valence electrons. The molecule has 0 unspecified atom stereocenters. The van der Waals surface area contributed by atoms with Crippen LogP contribution >= 0.6 is 0 Å². The average molecular weight is 523 g/mol. The summed E-state index contributed by atoms with van der Waals surface area (Å²) in [6.45, 7) is 8.44. The van der Waals surface area contributed by atoms with E-state index in [0.29, 0.717) is 17.2 Å². The molecule has 0 aromatic heterocycles. The van der Waals surface area contributed by atoms with Gasteiger partial charge in [-0.25, -0.2) is 4.39 Å². The number of benzene rings is 4. The fourth-order valence-corrected chi connectivity index (χ4v) is 4.83. The molecule has 3 heteroatoms. The van der Waals surface area contributed by atoms with Crippen LogP contribution in [0.25, 0.3) is 22.3 Å². The lowest BCUT2D eigenvalue weighted by molar-refractivity contribution is -0.135. The Hall–Kier alpha value is -3.72. The Kier molecular flexibility index (Phi) is 9.70. The van der Waals surface area contributed by atoms with Gasteiger partial charge in [0.15, 0.2) is 0 Å². The third-order valence-corrected chi connectivity index (χ3v) is 7.19. The molecule has 0 bridgehead atoms. The maximum atomic E-state index is 15.1. The minimum absolute atomic E-state index is 0.279. The van der Waals surface area contributed by atoms with Gasteiger partial charge in [0.05, 0.1) is 5.92 Å². The van der Waals surface area contributed by atoms with Crippen LogP contribution in [0.5, 0.6) is 5.75 Å². The van der Waals surface area contributed by atoms with E-state index in [0.717, 1.165) is 35.1 Å². The molecule has 0 saturated carbocycles. The number of unbranched alkanes of at least 4 members (excludes halogenated alkanes) is 2. The lowest BCUT2D eigenvalue weighted by Crippen LogP contribution is -2.16. The van der Waals surface area contributed by atoms with Crippen molar-refractivity contribution in [1.29, 1.82) is 0 Å². The van der Waals surface area contributed by atoms with Crippen molar-refractivity contribution in [1.82, 2.24) is 0 Å². The number of ether oxygens (including phenoxy) is 1. The molecule has 1 atom stereocenters. The van der Waals surface area contributed by atoms with Crippen LogP contribution in [0.15, 0.2) is 91.0 Å². The predicted molar refractivity (Wildman–Crippen MR) is 160 cm³/mol. The summed E-state index contributed by atoms with van der Waals surface area (Å²) in [5, 5.41) is 0. The normalized spacial score (nSPS) is 11.9. The number of esters is 1. The van der Waals surface area contributed by atoms with E-state index in [-0.39, 0.29) is 17.7 Å². The first kappa shape index (κ1) is 28.3. The van der Waals surface area contributed by atoms with Crippen LogP contribution in [0.1, 0.15) is 69.6 Å². The molecule has 0 radical (unpaired) electrons. The second-order valence-electron chi connectivity index (χ2n) is 10.9. The molecule has 0 amide bonds. The van der Waals surface area contributed by atoms with Crippen molar-refractivity contribution in [2.24, 2.45) is 5.92 Å². The van der Waals surface area contributed by atoms with Gasteiger partial charge in [-0.3, -0.25) is 4.79 Å². The van der Waals surface area contributed by atoms with Crippen molar-refractivity contribution in [3.63, 3.8) is 0 Å². The summed E-state index contributed by atoms with van der Waals surface area (Å²) in [5.41, 5.74) is 6.62. The fourth-order valence-electron chi connectivity index (χ4n) is 4.83. The molecule has 0 aliphatic carbocycles. The van der Waals surface area contributed by atoms with Gasteiger partial charge in [0.2, 0.25) is 0 Å². The number of carbonyl (C=O) groups is 1. The van der Waals surface area contributed by atoms with E-state index in [4.69, 9.17) is 4.74 Å². The highest BCUT2D eigenvalue weighted by Gasteiger charge is 2.18. The van der Waals surface area contributed by atoms with Crippen molar-refractivity contribution in [2.45, 2.75) is 65.7 Å². The van der Waals surface area contributed by atoms with E-state index in [2.05, 4.69) is 57.2 Å². The van der Waals surface area contributed by atoms with Gasteiger partial charge in [0.25, 0.3) is 0 Å². The minimum atomic E-state index is -0.381. The molecular formula is C36H39FO2. The van der Waals surface area contributed by atoms with Crippen LogP contribution in [-0.4, -0.2) is 5.97 Å². The molecule has 2 nitrogen and oxygen atoms in total. The van der Waals surface area contributed by atoms with Gasteiger partial charge in [0.1, 0.15) is 11.6 Å². The Morgan fingerprint density at radius 2 is 1.36 bits per heavy atom. The standard InChI is InChI=1S/C36H39FO2/c1-5-6-7-8-27-9-15-30(16-10-27)32-19-22-34(35(37)24-32)31-17-20-33(21-18-31)39-36(38)26(4)29-13-11-28(12-14-29)23-25(2)3/h9-22,24-26H,5-8,23H2,1-4H3/t26-/m0/s1.